The minimum absolute atomic E-state index is 0.0515. The molecular weight excluding hydrogens is 392 g/mol. The standard InChI is InChI=1S/C24H30N4O3/c1-14(2)22(24(30)31-6)26-20(29)13-12-19-15(3)21-17(5)27-28(23(21)25-16(19)4)18-10-8-7-9-11-18/h7-11,14,22H,12-13H2,1-6H3,(H,26,29)/t22-/m0/s1. The van der Waals surface area contributed by atoms with Crippen LogP contribution >= 0.6 is 0 Å². The van der Waals surface area contributed by atoms with Crippen molar-refractivity contribution in [1.29, 1.82) is 0 Å². The Bertz CT molecular complexity index is 1100. The lowest BCUT2D eigenvalue weighted by molar-refractivity contribution is -0.146. The van der Waals surface area contributed by atoms with Gasteiger partial charge in [0.2, 0.25) is 5.91 Å². The number of esters is 1. The number of aromatic nitrogens is 3. The molecule has 1 atom stereocenters. The Labute approximate surface area is 182 Å². The summed E-state index contributed by atoms with van der Waals surface area (Å²) in [7, 11) is 1.33. The van der Waals surface area contributed by atoms with Crippen molar-refractivity contribution in [3.8, 4) is 5.69 Å². The second kappa shape index (κ2) is 9.29. The molecule has 7 heteroatoms. The maximum Gasteiger partial charge on any atom is 0.328 e. The van der Waals surface area contributed by atoms with Crippen LogP contribution in [0.25, 0.3) is 16.7 Å². The zero-order chi connectivity index (χ0) is 22.7. The first-order valence-electron chi connectivity index (χ1n) is 10.5. The largest absolute Gasteiger partial charge is 0.467 e. The number of para-hydroxylation sites is 1. The predicted molar refractivity (Wildman–Crippen MR) is 120 cm³/mol. The van der Waals surface area contributed by atoms with E-state index in [0.29, 0.717) is 6.42 Å². The number of carbonyl (C=O) groups excluding carboxylic acids is 2. The highest BCUT2D eigenvalue weighted by atomic mass is 16.5. The maximum absolute atomic E-state index is 12.5. The van der Waals surface area contributed by atoms with Crippen LogP contribution in [0.15, 0.2) is 30.3 Å². The number of amides is 1. The Hall–Kier alpha value is -3.22. The molecule has 31 heavy (non-hydrogen) atoms. The summed E-state index contributed by atoms with van der Waals surface area (Å²) in [5.41, 5.74) is 5.68. The minimum atomic E-state index is -0.647. The van der Waals surface area contributed by atoms with Crippen molar-refractivity contribution < 1.29 is 14.3 Å². The fraction of sp³-hybridized carbons (Fsp3) is 0.417. The number of benzene rings is 1. The molecule has 2 heterocycles. The number of hydrogen-bond acceptors (Lipinski definition) is 5. The van der Waals surface area contributed by atoms with Gasteiger partial charge in [-0.15, -0.1) is 0 Å². The number of fused-ring (bicyclic) bond motifs is 1. The summed E-state index contributed by atoms with van der Waals surface area (Å²) < 4.78 is 6.67. The highest BCUT2D eigenvalue weighted by Crippen LogP contribution is 2.28. The normalized spacial score (nSPS) is 12.2. The molecule has 164 valence electrons. The maximum atomic E-state index is 12.5. The van der Waals surface area contributed by atoms with Crippen molar-refractivity contribution in [3.63, 3.8) is 0 Å². The Kier molecular flexibility index (Phi) is 6.73. The third-order valence-corrected chi connectivity index (χ3v) is 5.62. The summed E-state index contributed by atoms with van der Waals surface area (Å²) in [4.78, 5) is 29.3. The van der Waals surface area contributed by atoms with Gasteiger partial charge < -0.3 is 10.1 Å². The van der Waals surface area contributed by atoms with E-state index in [2.05, 4.69) is 12.2 Å². The monoisotopic (exact) mass is 422 g/mol. The number of hydrogen-bond donors (Lipinski definition) is 1. The molecule has 0 saturated carbocycles. The van der Waals surface area contributed by atoms with Crippen LogP contribution in [0.4, 0.5) is 0 Å². The smallest absolute Gasteiger partial charge is 0.328 e. The molecule has 0 bridgehead atoms. The first-order chi connectivity index (χ1) is 14.7. The molecule has 7 nitrogen and oxygen atoms in total. The van der Waals surface area contributed by atoms with E-state index < -0.39 is 12.0 Å². The molecule has 0 radical (unpaired) electrons. The summed E-state index contributed by atoms with van der Waals surface area (Å²) in [6, 6.07) is 9.28. The number of nitrogens with zero attached hydrogens (tertiary/aromatic N) is 3. The van der Waals surface area contributed by atoms with Crippen molar-refractivity contribution in [1.82, 2.24) is 20.1 Å². The molecule has 0 unspecified atom stereocenters. The lowest BCUT2D eigenvalue weighted by Crippen LogP contribution is -2.45. The average molecular weight is 423 g/mol. The van der Waals surface area contributed by atoms with Crippen molar-refractivity contribution in [2.24, 2.45) is 5.92 Å². The molecule has 0 fully saturated rings. The van der Waals surface area contributed by atoms with E-state index in [1.807, 2.05) is 62.7 Å². The summed E-state index contributed by atoms with van der Waals surface area (Å²) in [5.74, 6) is -0.660. The molecule has 1 aromatic carbocycles. The molecule has 2 aromatic heterocycles. The van der Waals surface area contributed by atoms with E-state index in [4.69, 9.17) is 14.8 Å². The molecule has 0 saturated heterocycles. The van der Waals surface area contributed by atoms with Crippen LogP contribution < -0.4 is 5.32 Å². The van der Waals surface area contributed by atoms with Crippen molar-refractivity contribution in [2.45, 2.75) is 53.5 Å². The molecule has 1 amide bonds. The van der Waals surface area contributed by atoms with E-state index >= 15 is 0 Å². The van der Waals surface area contributed by atoms with Gasteiger partial charge in [0.15, 0.2) is 5.65 Å². The van der Waals surface area contributed by atoms with Gasteiger partial charge in [-0.2, -0.15) is 5.10 Å². The molecule has 0 aliphatic carbocycles. The van der Waals surface area contributed by atoms with Crippen molar-refractivity contribution >= 4 is 22.9 Å². The number of nitrogens with one attached hydrogen (secondary N) is 1. The van der Waals surface area contributed by atoms with Crippen LogP contribution in [0.2, 0.25) is 0 Å². The highest BCUT2D eigenvalue weighted by Gasteiger charge is 2.25. The molecule has 3 aromatic rings. The third-order valence-electron chi connectivity index (χ3n) is 5.62. The predicted octanol–water partition coefficient (Wildman–Crippen LogP) is 3.59. The Morgan fingerprint density at radius 2 is 1.77 bits per heavy atom. The van der Waals surface area contributed by atoms with Gasteiger partial charge in [-0.1, -0.05) is 32.0 Å². The van der Waals surface area contributed by atoms with Gasteiger partial charge in [0.1, 0.15) is 6.04 Å². The summed E-state index contributed by atoms with van der Waals surface area (Å²) in [6.07, 6.45) is 0.801. The lowest BCUT2D eigenvalue weighted by Gasteiger charge is -2.20. The quantitative estimate of drug-likeness (QED) is 0.588. The van der Waals surface area contributed by atoms with Crippen LogP contribution in [0.3, 0.4) is 0 Å². The minimum Gasteiger partial charge on any atom is -0.467 e. The zero-order valence-electron chi connectivity index (χ0n) is 19.0. The fourth-order valence-electron chi connectivity index (χ4n) is 3.93. The Morgan fingerprint density at radius 3 is 2.39 bits per heavy atom. The first-order valence-corrected chi connectivity index (χ1v) is 10.5. The molecule has 3 rings (SSSR count). The first kappa shape index (κ1) is 22.5. The molecule has 0 spiro atoms. The van der Waals surface area contributed by atoms with Gasteiger partial charge in [0, 0.05) is 17.5 Å². The summed E-state index contributed by atoms with van der Waals surface area (Å²) in [6.45, 7) is 9.75. The number of aryl methyl sites for hydroxylation is 3. The van der Waals surface area contributed by atoms with Gasteiger partial charge >= 0.3 is 5.97 Å². The zero-order valence-corrected chi connectivity index (χ0v) is 19.0. The lowest BCUT2D eigenvalue weighted by atomic mass is 9.98. The van der Waals surface area contributed by atoms with Crippen LogP contribution in [-0.4, -0.2) is 39.8 Å². The summed E-state index contributed by atoms with van der Waals surface area (Å²) >= 11 is 0. The van der Waals surface area contributed by atoms with Gasteiger partial charge in [-0.05, 0) is 56.4 Å². The van der Waals surface area contributed by atoms with Crippen molar-refractivity contribution in [2.75, 3.05) is 7.11 Å². The number of rotatable bonds is 7. The fourth-order valence-corrected chi connectivity index (χ4v) is 3.93. The number of ether oxygens (including phenoxy) is 1. The second-order valence-electron chi connectivity index (χ2n) is 8.14. The number of pyridine rings is 1. The summed E-state index contributed by atoms with van der Waals surface area (Å²) in [5, 5.41) is 8.52. The molecule has 0 aliphatic rings. The van der Waals surface area contributed by atoms with E-state index in [-0.39, 0.29) is 18.2 Å². The molecule has 1 N–H and O–H groups in total. The van der Waals surface area contributed by atoms with Crippen LogP contribution in [0.5, 0.6) is 0 Å². The van der Waals surface area contributed by atoms with E-state index in [1.165, 1.54) is 7.11 Å². The second-order valence-corrected chi connectivity index (χ2v) is 8.14. The van der Waals surface area contributed by atoms with Gasteiger partial charge in [-0.3, -0.25) is 4.79 Å². The van der Waals surface area contributed by atoms with Gasteiger partial charge in [-0.25, -0.2) is 14.5 Å². The van der Waals surface area contributed by atoms with Gasteiger partial charge in [0.25, 0.3) is 0 Å². The number of methoxy groups -OCH3 is 1. The molecule has 0 aliphatic heterocycles. The SMILES string of the molecule is COC(=O)[C@@H](NC(=O)CCc1c(C)nc2c(c(C)nn2-c2ccccc2)c1C)C(C)C. The third kappa shape index (κ3) is 4.60. The number of carbonyl (C=O) groups is 2. The van der Waals surface area contributed by atoms with Crippen molar-refractivity contribution in [3.05, 3.63) is 52.8 Å². The van der Waals surface area contributed by atoms with E-state index in [1.54, 1.807) is 0 Å². The molecular formula is C24H30N4O3. The van der Waals surface area contributed by atoms with Gasteiger partial charge in [0.05, 0.1) is 18.5 Å². The van der Waals surface area contributed by atoms with Crippen LogP contribution in [-0.2, 0) is 20.7 Å². The Balaban J connectivity index is 1.86. The highest BCUT2D eigenvalue weighted by molar-refractivity contribution is 5.86. The topological polar surface area (TPSA) is 86.1 Å². The van der Waals surface area contributed by atoms with Crippen LogP contribution in [0, 0.1) is 26.7 Å². The average Bonchev–Trinajstić information content (AvgIpc) is 3.07. The Morgan fingerprint density at radius 1 is 1.10 bits per heavy atom. The van der Waals surface area contributed by atoms with E-state index in [0.717, 1.165) is 39.2 Å². The van der Waals surface area contributed by atoms with Crippen LogP contribution in [0.1, 0.15) is 42.8 Å². The van der Waals surface area contributed by atoms with E-state index in [9.17, 15) is 9.59 Å².